The lowest BCUT2D eigenvalue weighted by atomic mass is 10.2. The van der Waals surface area contributed by atoms with Gasteiger partial charge in [-0.3, -0.25) is 0 Å². The average molecular weight is 186 g/mol. The van der Waals surface area contributed by atoms with Gasteiger partial charge >= 0.3 is 0 Å². The van der Waals surface area contributed by atoms with Crippen molar-refractivity contribution in [2.45, 2.75) is 0 Å². The first-order valence-corrected chi connectivity index (χ1v) is 3.94. The molecule has 1 N–H and O–H groups in total. The van der Waals surface area contributed by atoms with Crippen LogP contribution in [0.15, 0.2) is 24.5 Å². The number of aromatic amines is 1. The summed E-state index contributed by atoms with van der Waals surface area (Å²) >= 11 is 11.6. The van der Waals surface area contributed by atoms with E-state index in [1.807, 2.05) is 24.5 Å². The van der Waals surface area contributed by atoms with Crippen LogP contribution in [0.4, 0.5) is 0 Å². The van der Waals surface area contributed by atoms with Crippen molar-refractivity contribution in [3.05, 3.63) is 34.6 Å². The summed E-state index contributed by atoms with van der Waals surface area (Å²) < 4.78 is 0. The number of fused-ring (bicyclic) bond motifs is 1. The Morgan fingerprint density at radius 1 is 0.909 bits per heavy atom. The van der Waals surface area contributed by atoms with Gasteiger partial charge in [-0.2, -0.15) is 0 Å². The second-order valence-corrected chi connectivity index (χ2v) is 3.16. The number of hydrogen-bond acceptors (Lipinski definition) is 0. The molecule has 3 heteroatoms. The van der Waals surface area contributed by atoms with E-state index in [1.165, 1.54) is 0 Å². The molecule has 56 valence electrons. The summed E-state index contributed by atoms with van der Waals surface area (Å²) in [7, 11) is 0. The fourth-order valence-corrected chi connectivity index (χ4v) is 1.39. The van der Waals surface area contributed by atoms with Gasteiger partial charge in [0.15, 0.2) is 0 Å². The maximum Gasteiger partial charge on any atom is 0.0599 e. The zero-order chi connectivity index (χ0) is 7.84. The minimum absolute atomic E-state index is 0.596. The van der Waals surface area contributed by atoms with Crippen LogP contribution in [-0.4, -0.2) is 4.98 Å². The van der Waals surface area contributed by atoms with Gasteiger partial charge in [-0.15, -0.1) is 0 Å². The second kappa shape index (κ2) is 2.43. The van der Waals surface area contributed by atoms with Crippen LogP contribution in [0.1, 0.15) is 0 Å². The first-order valence-electron chi connectivity index (χ1n) is 3.19. The Labute approximate surface area is 73.9 Å². The van der Waals surface area contributed by atoms with Crippen LogP contribution < -0.4 is 0 Å². The summed E-state index contributed by atoms with van der Waals surface area (Å²) in [4.78, 5) is 2.97. The SMILES string of the molecule is Clc1cc2c[nH]cc2cc1Cl. The van der Waals surface area contributed by atoms with Gasteiger partial charge in [-0.05, 0) is 12.1 Å². The molecule has 0 aliphatic carbocycles. The third-order valence-corrected chi connectivity index (χ3v) is 2.33. The van der Waals surface area contributed by atoms with Crippen molar-refractivity contribution in [3.8, 4) is 0 Å². The van der Waals surface area contributed by atoms with E-state index >= 15 is 0 Å². The van der Waals surface area contributed by atoms with E-state index in [-0.39, 0.29) is 0 Å². The minimum atomic E-state index is 0.596. The predicted octanol–water partition coefficient (Wildman–Crippen LogP) is 3.47. The van der Waals surface area contributed by atoms with Gasteiger partial charge in [0.05, 0.1) is 10.0 Å². The minimum Gasteiger partial charge on any atom is -0.366 e. The molecule has 1 heterocycles. The topological polar surface area (TPSA) is 15.8 Å². The van der Waals surface area contributed by atoms with Gasteiger partial charge in [-0.25, -0.2) is 0 Å². The van der Waals surface area contributed by atoms with E-state index < -0.39 is 0 Å². The Bertz CT molecular complexity index is 356. The number of nitrogens with one attached hydrogen (secondary N) is 1. The maximum absolute atomic E-state index is 5.80. The number of halogens is 2. The molecule has 0 aliphatic heterocycles. The Kier molecular flexibility index (Phi) is 1.55. The molecule has 0 radical (unpaired) electrons. The number of hydrogen-bond donors (Lipinski definition) is 1. The van der Waals surface area contributed by atoms with Crippen LogP contribution in [-0.2, 0) is 0 Å². The van der Waals surface area contributed by atoms with E-state index in [0.717, 1.165) is 10.8 Å². The lowest BCUT2D eigenvalue weighted by Crippen LogP contribution is -1.67. The van der Waals surface area contributed by atoms with Crippen LogP contribution in [0.2, 0.25) is 10.0 Å². The van der Waals surface area contributed by atoms with Crippen molar-refractivity contribution in [2.75, 3.05) is 0 Å². The summed E-state index contributed by atoms with van der Waals surface area (Å²) in [6, 6.07) is 3.69. The third kappa shape index (κ3) is 1.10. The second-order valence-electron chi connectivity index (χ2n) is 2.35. The van der Waals surface area contributed by atoms with Gasteiger partial charge in [-0.1, -0.05) is 23.2 Å². The molecule has 1 aromatic carbocycles. The van der Waals surface area contributed by atoms with Crippen molar-refractivity contribution >= 4 is 34.0 Å². The molecule has 0 aliphatic rings. The molecule has 0 saturated carbocycles. The fourth-order valence-electron chi connectivity index (χ4n) is 1.05. The quantitative estimate of drug-likeness (QED) is 0.648. The molecule has 0 amide bonds. The lowest BCUT2D eigenvalue weighted by molar-refractivity contribution is 1.43. The predicted molar refractivity (Wildman–Crippen MR) is 48.3 cm³/mol. The Morgan fingerprint density at radius 2 is 1.36 bits per heavy atom. The number of benzene rings is 1. The highest BCUT2D eigenvalue weighted by Crippen LogP contribution is 2.27. The zero-order valence-corrected chi connectivity index (χ0v) is 7.08. The van der Waals surface area contributed by atoms with Gasteiger partial charge < -0.3 is 4.98 Å². The van der Waals surface area contributed by atoms with Crippen molar-refractivity contribution in [1.29, 1.82) is 0 Å². The summed E-state index contributed by atoms with van der Waals surface area (Å²) in [6.45, 7) is 0. The largest absolute Gasteiger partial charge is 0.366 e. The molecule has 2 aromatic rings. The molecule has 0 atom stereocenters. The molecular formula is C8H5Cl2N. The Hall–Kier alpha value is -0.660. The van der Waals surface area contributed by atoms with E-state index in [2.05, 4.69) is 4.98 Å². The number of rotatable bonds is 0. The van der Waals surface area contributed by atoms with Crippen LogP contribution in [0, 0.1) is 0 Å². The van der Waals surface area contributed by atoms with E-state index in [9.17, 15) is 0 Å². The zero-order valence-electron chi connectivity index (χ0n) is 5.57. The first kappa shape index (κ1) is 7.01. The fraction of sp³-hybridized carbons (Fsp3) is 0. The summed E-state index contributed by atoms with van der Waals surface area (Å²) in [5, 5.41) is 3.36. The molecule has 11 heavy (non-hydrogen) atoms. The van der Waals surface area contributed by atoms with Crippen LogP contribution in [0.5, 0.6) is 0 Å². The van der Waals surface area contributed by atoms with Gasteiger partial charge in [0.25, 0.3) is 0 Å². The Balaban J connectivity index is 2.86. The van der Waals surface area contributed by atoms with Gasteiger partial charge in [0.1, 0.15) is 0 Å². The lowest BCUT2D eigenvalue weighted by Gasteiger charge is -1.93. The molecule has 0 bridgehead atoms. The molecular weight excluding hydrogens is 181 g/mol. The highest BCUT2D eigenvalue weighted by Gasteiger charge is 1.99. The third-order valence-electron chi connectivity index (χ3n) is 1.60. The van der Waals surface area contributed by atoms with E-state index in [0.29, 0.717) is 10.0 Å². The highest BCUT2D eigenvalue weighted by atomic mass is 35.5. The van der Waals surface area contributed by atoms with Crippen molar-refractivity contribution < 1.29 is 0 Å². The first-order chi connectivity index (χ1) is 5.27. The number of aromatic nitrogens is 1. The summed E-state index contributed by atoms with van der Waals surface area (Å²) in [5.74, 6) is 0. The maximum atomic E-state index is 5.80. The molecule has 1 nitrogen and oxygen atoms in total. The Morgan fingerprint density at radius 3 is 1.82 bits per heavy atom. The van der Waals surface area contributed by atoms with Crippen molar-refractivity contribution in [2.24, 2.45) is 0 Å². The normalized spacial score (nSPS) is 10.7. The molecule has 1 aromatic heterocycles. The molecule has 0 spiro atoms. The molecule has 0 unspecified atom stereocenters. The monoisotopic (exact) mass is 185 g/mol. The van der Waals surface area contributed by atoms with Crippen LogP contribution in [0.3, 0.4) is 0 Å². The summed E-state index contributed by atoms with van der Waals surface area (Å²) in [5.41, 5.74) is 0. The van der Waals surface area contributed by atoms with Gasteiger partial charge in [0.2, 0.25) is 0 Å². The van der Waals surface area contributed by atoms with Crippen molar-refractivity contribution in [1.82, 2.24) is 4.98 Å². The van der Waals surface area contributed by atoms with Gasteiger partial charge in [0, 0.05) is 23.2 Å². The summed E-state index contributed by atoms with van der Waals surface area (Å²) in [6.07, 6.45) is 3.77. The van der Waals surface area contributed by atoms with Crippen molar-refractivity contribution in [3.63, 3.8) is 0 Å². The van der Waals surface area contributed by atoms with E-state index in [4.69, 9.17) is 23.2 Å². The van der Waals surface area contributed by atoms with Crippen LogP contribution >= 0.6 is 23.2 Å². The molecule has 0 saturated heterocycles. The smallest absolute Gasteiger partial charge is 0.0599 e. The number of H-pyrrole nitrogens is 1. The molecule has 2 rings (SSSR count). The molecule has 0 fully saturated rings. The standard InChI is InChI=1S/C8H5Cl2N/c9-7-1-5-3-11-4-6(5)2-8(7)10/h1-4,11H. The van der Waals surface area contributed by atoms with E-state index in [1.54, 1.807) is 0 Å². The average Bonchev–Trinajstić information content (AvgIpc) is 2.36. The van der Waals surface area contributed by atoms with Crippen LogP contribution in [0.25, 0.3) is 10.8 Å². The highest BCUT2D eigenvalue weighted by molar-refractivity contribution is 6.42.